The summed E-state index contributed by atoms with van der Waals surface area (Å²) in [5.41, 5.74) is 0. The second-order valence-corrected chi connectivity index (χ2v) is 28.8. The molecule has 0 bridgehead atoms. The lowest BCUT2D eigenvalue weighted by Crippen LogP contribution is -2.30. The van der Waals surface area contributed by atoms with Gasteiger partial charge in [-0.25, -0.2) is 9.13 Å². The summed E-state index contributed by atoms with van der Waals surface area (Å²) >= 11 is 0. The van der Waals surface area contributed by atoms with Crippen LogP contribution in [-0.4, -0.2) is 96.7 Å². The van der Waals surface area contributed by atoms with Crippen LogP contribution < -0.4 is 0 Å². The minimum absolute atomic E-state index is 0.0631. The van der Waals surface area contributed by atoms with Crippen LogP contribution in [0.2, 0.25) is 0 Å². The average Bonchev–Trinajstić information content (AvgIpc) is 0.908. The number of ether oxygens (including phenoxy) is 4. The minimum Gasteiger partial charge on any atom is -0.462 e. The Morgan fingerprint density at radius 3 is 0.892 bits per heavy atom. The first-order chi connectivity index (χ1) is 49.7. The van der Waals surface area contributed by atoms with E-state index in [0.29, 0.717) is 25.7 Å². The maximum absolute atomic E-state index is 13.1. The number of unbranched alkanes of at least 4 members (excludes halogenated alkanes) is 26. The fourth-order valence-electron chi connectivity index (χ4n) is 10.2. The third kappa shape index (κ3) is 73.5. The zero-order valence-corrected chi connectivity index (χ0v) is 65.5. The lowest BCUT2D eigenvalue weighted by molar-refractivity contribution is -0.161. The van der Waals surface area contributed by atoms with Gasteiger partial charge in [-0.15, -0.1) is 0 Å². The summed E-state index contributed by atoms with van der Waals surface area (Å²) in [6, 6.07) is 0. The quantitative estimate of drug-likeness (QED) is 0.0169. The van der Waals surface area contributed by atoms with Gasteiger partial charge >= 0.3 is 39.5 Å². The molecular formula is C83H140O17P2. The zero-order valence-electron chi connectivity index (χ0n) is 63.7. The third-order valence-electron chi connectivity index (χ3n) is 16.1. The van der Waals surface area contributed by atoms with Crippen molar-refractivity contribution < 1.29 is 80.2 Å². The fourth-order valence-corrected chi connectivity index (χ4v) is 11.8. The molecule has 0 heterocycles. The number of carbonyl (C=O) groups excluding carboxylic acids is 4. The van der Waals surface area contributed by atoms with Gasteiger partial charge in [0.1, 0.15) is 19.3 Å². The Bertz CT molecular complexity index is 2460. The molecule has 584 valence electrons. The van der Waals surface area contributed by atoms with Crippen LogP contribution in [0, 0.1) is 0 Å². The number of hydrogen-bond donors (Lipinski definition) is 3. The number of allylic oxidation sites excluding steroid dienone is 21. The van der Waals surface area contributed by atoms with E-state index in [1.807, 2.05) is 18.2 Å². The monoisotopic (exact) mass is 1470 g/mol. The van der Waals surface area contributed by atoms with E-state index >= 15 is 0 Å². The Labute approximate surface area is 618 Å². The standard InChI is InChI=1S/C83H140O17P2/c1-5-9-13-17-21-25-29-33-36-37-38-39-42-45-48-52-56-60-64-68-81(86)94-73-78(99-82(87)69-65-61-57-53-49-43-32-28-24-20-16-12-8-4)75-97-101(89,90)95-71-77(84)72-96-102(91,92)98-76-79(100-83(88)70-66-62-58-54-50-46-41-35-31-27-23-19-15-11-7-3)74-93-80(85)67-63-59-55-51-47-44-40-34-30-26-22-18-14-10-6-2/h9-10,13-14,21-22,25-26,33-36,38-41,45,47-48,51,59,63,77-79,84H,5-8,11-12,15-20,23-24,27-32,37,42-44,46,49-50,52-58,60-62,64-76H2,1-4H3,(H,89,90)(H,91,92)/b13-9-,14-10-,25-21-,26-22-,36-33-,39-38-,40-34-,41-35-,48-45-,51-47-,63-59-. The SMILES string of the molecule is CC/C=C\C/C=C\C/C=C\C/C=C\C/C=C\CCCCCC(=O)OCC(COP(=O)(O)OCC(O)COP(=O)(O)OCC(COC(=O)C/C=C\C/C=C\C/C=C\C/C=C\C/C=C\CC)OC(=O)CCCCCCC/C=C\CCCCCCCC)OC(=O)CCCCCCCCCCCCCCC. The molecule has 19 heteroatoms. The first-order valence-electron chi connectivity index (χ1n) is 39.4. The number of carbonyl (C=O) groups is 4. The number of hydrogen-bond acceptors (Lipinski definition) is 15. The molecule has 0 amide bonds. The molecule has 0 aliphatic rings. The molecule has 5 atom stereocenters. The van der Waals surface area contributed by atoms with Gasteiger partial charge in [0.05, 0.1) is 32.8 Å². The Kier molecular flexibility index (Phi) is 71.0. The largest absolute Gasteiger partial charge is 0.472 e. The third-order valence-corrected chi connectivity index (χ3v) is 18.0. The maximum Gasteiger partial charge on any atom is 0.472 e. The van der Waals surface area contributed by atoms with Crippen LogP contribution in [0.1, 0.15) is 310 Å². The van der Waals surface area contributed by atoms with E-state index in [2.05, 4.69) is 137 Å². The van der Waals surface area contributed by atoms with Crippen LogP contribution in [0.15, 0.2) is 134 Å². The van der Waals surface area contributed by atoms with Crippen molar-refractivity contribution in [3.05, 3.63) is 134 Å². The fraction of sp³-hybridized carbons (Fsp3) is 0.687. The number of aliphatic hydroxyl groups excluding tert-OH is 1. The van der Waals surface area contributed by atoms with E-state index < -0.39 is 97.5 Å². The predicted octanol–water partition coefficient (Wildman–Crippen LogP) is 22.9. The van der Waals surface area contributed by atoms with Gasteiger partial charge in [-0.05, 0) is 122 Å². The molecule has 17 nitrogen and oxygen atoms in total. The molecule has 0 aromatic heterocycles. The molecule has 0 aromatic rings. The van der Waals surface area contributed by atoms with Crippen molar-refractivity contribution in [3.63, 3.8) is 0 Å². The van der Waals surface area contributed by atoms with Gasteiger partial charge in [0.25, 0.3) is 0 Å². The molecule has 102 heavy (non-hydrogen) atoms. The van der Waals surface area contributed by atoms with Gasteiger partial charge in [-0.2, -0.15) is 0 Å². The molecule has 3 N–H and O–H groups in total. The van der Waals surface area contributed by atoms with Crippen molar-refractivity contribution in [2.24, 2.45) is 0 Å². The van der Waals surface area contributed by atoms with E-state index in [9.17, 15) is 43.2 Å². The normalized spacial score (nSPS) is 14.6. The minimum atomic E-state index is -5.00. The average molecular weight is 1470 g/mol. The summed E-state index contributed by atoms with van der Waals surface area (Å²) in [5, 5.41) is 10.6. The highest BCUT2D eigenvalue weighted by atomic mass is 31.2. The van der Waals surface area contributed by atoms with E-state index in [-0.39, 0.29) is 25.7 Å². The van der Waals surface area contributed by atoms with Crippen molar-refractivity contribution in [1.82, 2.24) is 0 Å². The van der Waals surface area contributed by atoms with E-state index in [1.54, 1.807) is 6.08 Å². The van der Waals surface area contributed by atoms with Crippen molar-refractivity contribution in [1.29, 1.82) is 0 Å². The molecule has 0 radical (unpaired) electrons. The van der Waals surface area contributed by atoms with Crippen molar-refractivity contribution in [2.75, 3.05) is 39.6 Å². The number of phosphoric acid groups is 2. The molecular weight excluding hydrogens is 1330 g/mol. The molecule has 0 aliphatic heterocycles. The number of rotatable bonds is 73. The molecule has 0 aromatic carbocycles. The molecule has 0 spiro atoms. The Morgan fingerprint density at radius 2 is 0.549 bits per heavy atom. The summed E-state index contributed by atoms with van der Waals surface area (Å²) in [5.74, 6) is -2.36. The molecule has 0 rings (SSSR count). The van der Waals surface area contributed by atoms with Crippen molar-refractivity contribution in [2.45, 2.75) is 329 Å². The summed E-state index contributed by atoms with van der Waals surface area (Å²) in [6.45, 7) is 4.49. The summed E-state index contributed by atoms with van der Waals surface area (Å²) in [4.78, 5) is 72.9. The first-order valence-corrected chi connectivity index (χ1v) is 42.4. The lowest BCUT2D eigenvalue weighted by atomic mass is 10.0. The molecule has 0 saturated heterocycles. The van der Waals surface area contributed by atoms with Crippen LogP contribution in [-0.2, 0) is 65.4 Å². The summed E-state index contributed by atoms with van der Waals surface area (Å²) in [7, 11) is -9.99. The zero-order chi connectivity index (χ0) is 74.6. The van der Waals surface area contributed by atoms with Crippen LogP contribution in [0.5, 0.6) is 0 Å². The second-order valence-electron chi connectivity index (χ2n) is 25.9. The van der Waals surface area contributed by atoms with Gasteiger partial charge in [-0.1, -0.05) is 296 Å². The van der Waals surface area contributed by atoms with Crippen LogP contribution in [0.3, 0.4) is 0 Å². The highest BCUT2D eigenvalue weighted by Gasteiger charge is 2.30. The Balaban J connectivity index is 5.44. The molecule has 0 fully saturated rings. The maximum atomic E-state index is 13.1. The van der Waals surface area contributed by atoms with Crippen molar-refractivity contribution in [3.8, 4) is 0 Å². The highest BCUT2D eigenvalue weighted by Crippen LogP contribution is 2.45. The Morgan fingerprint density at radius 1 is 0.294 bits per heavy atom. The van der Waals surface area contributed by atoms with E-state index in [0.717, 1.165) is 141 Å². The molecule has 0 aliphatic carbocycles. The highest BCUT2D eigenvalue weighted by molar-refractivity contribution is 7.47. The van der Waals surface area contributed by atoms with Gasteiger partial charge in [0.2, 0.25) is 0 Å². The number of esters is 4. The first kappa shape index (κ1) is 97.2. The Hall–Kier alpha value is -4.80. The summed E-state index contributed by atoms with van der Waals surface area (Å²) in [6.07, 6.45) is 83.2. The topological polar surface area (TPSA) is 237 Å². The van der Waals surface area contributed by atoms with Gasteiger partial charge in [-0.3, -0.25) is 37.3 Å². The number of aliphatic hydroxyl groups is 1. The lowest BCUT2D eigenvalue weighted by Gasteiger charge is -2.21. The van der Waals surface area contributed by atoms with Crippen molar-refractivity contribution >= 4 is 39.5 Å². The number of phosphoric ester groups is 2. The van der Waals surface area contributed by atoms with Crippen LogP contribution in [0.4, 0.5) is 0 Å². The van der Waals surface area contributed by atoms with E-state index in [1.165, 1.54) is 89.9 Å². The molecule has 0 saturated carbocycles. The second kappa shape index (κ2) is 74.5. The van der Waals surface area contributed by atoms with E-state index in [4.69, 9.17) is 37.0 Å². The van der Waals surface area contributed by atoms with Gasteiger partial charge in [0.15, 0.2) is 12.2 Å². The van der Waals surface area contributed by atoms with Crippen LogP contribution >= 0.6 is 15.6 Å². The van der Waals surface area contributed by atoms with Gasteiger partial charge in [0, 0.05) is 19.3 Å². The smallest absolute Gasteiger partial charge is 0.462 e. The van der Waals surface area contributed by atoms with Crippen LogP contribution in [0.25, 0.3) is 0 Å². The molecule has 5 unspecified atom stereocenters. The predicted molar refractivity (Wildman–Crippen MR) is 418 cm³/mol. The van der Waals surface area contributed by atoms with Gasteiger partial charge < -0.3 is 33.8 Å². The summed E-state index contributed by atoms with van der Waals surface area (Å²) < 4.78 is 68.4.